The van der Waals surface area contributed by atoms with E-state index in [2.05, 4.69) is 5.32 Å². The molecule has 3 nitrogen and oxygen atoms in total. The molecule has 1 N–H and O–H groups in total. The lowest BCUT2D eigenvalue weighted by Gasteiger charge is -2.06. The summed E-state index contributed by atoms with van der Waals surface area (Å²) in [6.07, 6.45) is 1.93. The molecule has 0 aliphatic carbocycles. The molecule has 74 valence electrons. The molecule has 0 spiro atoms. The molecule has 0 unspecified atom stereocenters. The molecule has 1 aromatic rings. The molecule has 1 aliphatic heterocycles. The average Bonchev–Trinajstić information content (AvgIpc) is 2.52. The maximum atomic E-state index is 11.5. The number of carbonyl (C=O) groups excluding carboxylic acids is 1. The van der Waals surface area contributed by atoms with Gasteiger partial charge in [0.1, 0.15) is 11.0 Å². The Balaban J connectivity index is 2.44. The van der Waals surface area contributed by atoms with Gasteiger partial charge in [0, 0.05) is 11.3 Å². The standard InChI is InChI=1S/C10H11NO2S/c1-13-6-3-4-8-7(5-6)9(14-2)10(12)11-8/h3-5,9H,1-2H3,(H,11,12)/t9-/m0/s1. The van der Waals surface area contributed by atoms with Gasteiger partial charge in [0.25, 0.3) is 0 Å². The summed E-state index contributed by atoms with van der Waals surface area (Å²) in [4.78, 5) is 11.5. The summed E-state index contributed by atoms with van der Waals surface area (Å²) in [5, 5.41) is 2.74. The first-order valence-corrected chi connectivity index (χ1v) is 5.56. The third-order valence-corrected chi connectivity index (χ3v) is 3.21. The van der Waals surface area contributed by atoms with Crippen molar-refractivity contribution in [3.05, 3.63) is 23.8 Å². The van der Waals surface area contributed by atoms with Crippen molar-refractivity contribution in [2.75, 3.05) is 18.7 Å². The van der Waals surface area contributed by atoms with Crippen LogP contribution in [0.15, 0.2) is 18.2 Å². The molecule has 0 bridgehead atoms. The highest BCUT2D eigenvalue weighted by Gasteiger charge is 2.29. The van der Waals surface area contributed by atoms with Gasteiger partial charge >= 0.3 is 0 Å². The van der Waals surface area contributed by atoms with Gasteiger partial charge in [-0.15, -0.1) is 11.8 Å². The van der Waals surface area contributed by atoms with Crippen LogP contribution >= 0.6 is 11.8 Å². The van der Waals surface area contributed by atoms with Crippen molar-refractivity contribution < 1.29 is 9.53 Å². The van der Waals surface area contributed by atoms with E-state index in [1.807, 2.05) is 24.5 Å². The predicted molar refractivity (Wildman–Crippen MR) is 57.9 cm³/mol. The van der Waals surface area contributed by atoms with Crippen LogP contribution in [0, 0.1) is 0 Å². The molecule has 0 saturated carbocycles. The van der Waals surface area contributed by atoms with Crippen LogP contribution in [0.4, 0.5) is 5.69 Å². The van der Waals surface area contributed by atoms with E-state index in [-0.39, 0.29) is 11.2 Å². The Morgan fingerprint density at radius 3 is 2.93 bits per heavy atom. The Bertz CT molecular complexity index is 378. The fourth-order valence-corrected chi connectivity index (χ4v) is 2.29. The number of methoxy groups -OCH3 is 1. The fraction of sp³-hybridized carbons (Fsp3) is 0.300. The molecule has 1 aromatic carbocycles. The van der Waals surface area contributed by atoms with E-state index in [0.29, 0.717) is 0 Å². The molecule has 4 heteroatoms. The third-order valence-electron chi connectivity index (χ3n) is 2.27. The van der Waals surface area contributed by atoms with E-state index in [1.165, 1.54) is 11.8 Å². The van der Waals surface area contributed by atoms with Crippen molar-refractivity contribution >= 4 is 23.4 Å². The minimum atomic E-state index is -0.0971. The number of rotatable bonds is 2. The second-order valence-corrected chi connectivity index (χ2v) is 4.00. The van der Waals surface area contributed by atoms with Crippen molar-refractivity contribution in [1.29, 1.82) is 0 Å². The molecule has 0 aromatic heterocycles. The van der Waals surface area contributed by atoms with E-state index in [4.69, 9.17) is 4.74 Å². The number of hydrogen-bond acceptors (Lipinski definition) is 3. The molecular formula is C10H11NO2S. The van der Waals surface area contributed by atoms with Gasteiger partial charge in [0.15, 0.2) is 0 Å². The summed E-state index contributed by atoms with van der Waals surface area (Å²) in [5.74, 6) is 0.847. The summed E-state index contributed by atoms with van der Waals surface area (Å²) in [6, 6.07) is 5.64. The Labute approximate surface area is 86.8 Å². The number of fused-ring (bicyclic) bond motifs is 1. The van der Waals surface area contributed by atoms with Crippen LogP contribution in [0.1, 0.15) is 10.8 Å². The number of ether oxygens (including phenoxy) is 1. The topological polar surface area (TPSA) is 38.3 Å². The van der Waals surface area contributed by atoms with Gasteiger partial charge < -0.3 is 10.1 Å². The highest BCUT2D eigenvalue weighted by atomic mass is 32.2. The Kier molecular flexibility index (Phi) is 2.37. The van der Waals surface area contributed by atoms with Crippen molar-refractivity contribution in [3.63, 3.8) is 0 Å². The molecule has 0 saturated heterocycles. The first-order chi connectivity index (χ1) is 6.76. The number of anilines is 1. The SMILES string of the molecule is COc1ccc2c(c1)[C@H](SC)C(=O)N2. The number of amides is 1. The third kappa shape index (κ3) is 1.35. The first-order valence-electron chi connectivity index (χ1n) is 4.28. The zero-order chi connectivity index (χ0) is 10.1. The molecule has 1 amide bonds. The summed E-state index contributed by atoms with van der Waals surface area (Å²) in [6.45, 7) is 0. The summed E-state index contributed by atoms with van der Waals surface area (Å²) >= 11 is 1.53. The highest BCUT2D eigenvalue weighted by molar-refractivity contribution is 7.99. The molecule has 2 rings (SSSR count). The van der Waals surface area contributed by atoms with E-state index in [9.17, 15) is 4.79 Å². The Hall–Kier alpha value is -1.16. The van der Waals surface area contributed by atoms with Crippen molar-refractivity contribution in [2.24, 2.45) is 0 Å². The quantitative estimate of drug-likeness (QED) is 0.810. The van der Waals surface area contributed by atoms with E-state index in [0.717, 1.165) is 17.0 Å². The molecular weight excluding hydrogens is 198 g/mol. The molecule has 14 heavy (non-hydrogen) atoms. The lowest BCUT2D eigenvalue weighted by atomic mass is 10.1. The molecule has 0 fully saturated rings. The fourth-order valence-electron chi connectivity index (χ4n) is 1.57. The van der Waals surface area contributed by atoms with Gasteiger partial charge in [0.2, 0.25) is 5.91 Å². The van der Waals surface area contributed by atoms with Crippen LogP contribution in [0.3, 0.4) is 0 Å². The molecule has 1 atom stereocenters. The van der Waals surface area contributed by atoms with Crippen LogP contribution in [0.5, 0.6) is 5.75 Å². The number of hydrogen-bond donors (Lipinski definition) is 1. The monoisotopic (exact) mass is 209 g/mol. The summed E-state index contributed by atoms with van der Waals surface area (Å²) < 4.78 is 5.12. The zero-order valence-electron chi connectivity index (χ0n) is 8.03. The number of nitrogens with one attached hydrogen (secondary N) is 1. The van der Waals surface area contributed by atoms with E-state index in [1.54, 1.807) is 7.11 Å². The van der Waals surface area contributed by atoms with Crippen LogP contribution < -0.4 is 10.1 Å². The lowest BCUT2D eigenvalue weighted by molar-refractivity contribution is -0.115. The van der Waals surface area contributed by atoms with Crippen molar-refractivity contribution in [2.45, 2.75) is 5.25 Å². The van der Waals surface area contributed by atoms with Crippen LogP contribution in [0.25, 0.3) is 0 Å². The second kappa shape index (κ2) is 3.53. The lowest BCUT2D eigenvalue weighted by Crippen LogP contribution is -2.08. The van der Waals surface area contributed by atoms with Gasteiger partial charge in [-0.25, -0.2) is 0 Å². The predicted octanol–water partition coefficient (Wildman–Crippen LogP) is 2.05. The van der Waals surface area contributed by atoms with Gasteiger partial charge in [0.05, 0.1) is 7.11 Å². The minimum Gasteiger partial charge on any atom is -0.497 e. The number of benzene rings is 1. The molecule has 1 heterocycles. The maximum absolute atomic E-state index is 11.5. The van der Waals surface area contributed by atoms with Crippen LogP contribution in [0.2, 0.25) is 0 Å². The summed E-state index contributed by atoms with van der Waals surface area (Å²) in [5.41, 5.74) is 1.91. The average molecular weight is 209 g/mol. The zero-order valence-corrected chi connectivity index (χ0v) is 8.85. The largest absolute Gasteiger partial charge is 0.497 e. The summed E-state index contributed by atoms with van der Waals surface area (Å²) in [7, 11) is 1.63. The Morgan fingerprint density at radius 2 is 2.29 bits per heavy atom. The van der Waals surface area contributed by atoms with Gasteiger partial charge in [-0.1, -0.05) is 0 Å². The van der Waals surface area contributed by atoms with Gasteiger partial charge in [-0.05, 0) is 24.5 Å². The number of thioether (sulfide) groups is 1. The smallest absolute Gasteiger partial charge is 0.242 e. The van der Waals surface area contributed by atoms with E-state index < -0.39 is 0 Å². The first kappa shape index (κ1) is 9.40. The van der Waals surface area contributed by atoms with Gasteiger partial charge in [-0.2, -0.15) is 0 Å². The highest BCUT2D eigenvalue weighted by Crippen LogP contribution is 2.40. The molecule has 0 radical (unpaired) electrons. The van der Waals surface area contributed by atoms with Crippen molar-refractivity contribution in [3.8, 4) is 5.75 Å². The van der Waals surface area contributed by atoms with Crippen LogP contribution in [-0.2, 0) is 4.79 Å². The van der Waals surface area contributed by atoms with E-state index >= 15 is 0 Å². The number of carbonyl (C=O) groups is 1. The van der Waals surface area contributed by atoms with Gasteiger partial charge in [-0.3, -0.25) is 4.79 Å². The van der Waals surface area contributed by atoms with Crippen molar-refractivity contribution in [1.82, 2.24) is 0 Å². The second-order valence-electron chi connectivity index (χ2n) is 3.06. The maximum Gasteiger partial charge on any atom is 0.242 e. The minimum absolute atomic E-state index is 0.0563. The normalized spacial score (nSPS) is 19.0. The van der Waals surface area contributed by atoms with Crippen LogP contribution in [-0.4, -0.2) is 19.3 Å². The Morgan fingerprint density at radius 1 is 1.50 bits per heavy atom. The molecule has 1 aliphatic rings.